The summed E-state index contributed by atoms with van der Waals surface area (Å²) in [4.78, 5) is 41.5. The van der Waals surface area contributed by atoms with Gasteiger partial charge in [-0.15, -0.1) is 5.10 Å². The van der Waals surface area contributed by atoms with Crippen LogP contribution in [0.2, 0.25) is 0 Å². The number of nitrogens with zero attached hydrogens (tertiary/aromatic N) is 5. The minimum atomic E-state index is -1.94. The van der Waals surface area contributed by atoms with Crippen LogP contribution in [0.1, 0.15) is 99.0 Å². The number of aliphatic hydroxyl groups excluding tert-OH is 3. The summed E-state index contributed by atoms with van der Waals surface area (Å²) in [5, 5.41) is 64.8. The summed E-state index contributed by atoms with van der Waals surface area (Å²) in [6.45, 7) is 13.4. The number of likely N-dealkylation sites (N-methyl/N-ethyl adjacent to an activating group) is 1. The van der Waals surface area contributed by atoms with E-state index in [1.165, 1.54) is 24.5 Å². The monoisotopic (exact) mass is 910 g/mol. The number of esters is 1. The van der Waals surface area contributed by atoms with Gasteiger partial charge in [0.25, 0.3) is 5.56 Å². The Morgan fingerprint density at radius 2 is 1.63 bits per heavy atom. The molecule has 3 fully saturated rings. The van der Waals surface area contributed by atoms with Crippen molar-refractivity contribution in [3.8, 4) is 17.0 Å². The van der Waals surface area contributed by atoms with E-state index in [4.69, 9.17) is 18.9 Å². The van der Waals surface area contributed by atoms with E-state index in [9.17, 15) is 39.9 Å². The summed E-state index contributed by atoms with van der Waals surface area (Å²) in [6, 6.07) is 10.7. The lowest BCUT2D eigenvalue weighted by Crippen LogP contribution is -2.59. The van der Waals surface area contributed by atoms with Gasteiger partial charge in [-0.3, -0.25) is 24.0 Å². The van der Waals surface area contributed by atoms with E-state index in [0.717, 1.165) is 42.5 Å². The maximum atomic E-state index is 13.9. The summed E-state index contributed by atoms with van der Waals surface area (Å²) >= 11 is 0. The van der Waals surface area contributed by atoms with Gasteiger partial charge in [0.1, 0.15) is 29.3 Å². The third kappa shape index (κ3) is 11.4. The van der Waals surface area contributed by atoms with Crippen molar-refractivity contribution in [3.05, 3.63) is 64.7 Å². The van der Waals surface area contributed by atoms with Gasteiger partial charge in [-0.05, 0) is 84.5 Å². The van der Waals surface area contributed by atoms with Gasteiger partial charge >= 0.3 is 5.97 Å². The van der Waals surface area contributed by atoms with Gasteiger partial charge in [-0.2, -0.15) is 0 Å². The Kier molecular flexibility index (Phi) is 16.5. The molecule has 6 rings (SSSR count). The van der Waals surface area contributed by atoms with Gasteiger partial charge in [-0.25, -0.2) is 0 Å². The average Bonchev–Trinajstić information content (AvgIpc) is 3.93. The molecular formula is C48H71N5O12. The number of ketones is 1. The van der Waals surface area contributed by atoms with Crippen LogP contribution in [0, 0.1) is 23.7 Å². The molecule has 2 bridgehead atoms. The van der Waals surface area contributed by atoms with Crippen LogP contribution < -0.4 is 5.56 Å². The normalized spacial score (nSPS) is 35.0. The molecule has 17 heteroatoms. The third-order valence-corrected chi connectivity index (χ3v) is 14.2. The molecule has 17 nitrogen and oxygen atoms in total. The number of fused-ring (bicyclic) bond motifs is 2. The van der Waals surface area contributed by atoms with E-state index in [-0.39, 0.29) is 42.6 Å². The Bertz CT molecular complexity index is 2110. The molecule has 1 aromatic carbocycles. The van der Waals surface area contributed by atoms with Gasteiger partial charge in [0.2, 0.25) is 0 Å². The highest BCUT2D eigenvalue weighted by atomic mass is 16.7. The molecule has 14 atom stereocenters. The van der Waals surface area contributed by atoms with Crippen LogP contribution in [0.3, 0.4) is 0 Å². The first-order valence-electron chi connectivity index (χ1n) is 23.3. The van der Waals surface area contributed by atoms with E-state index in [2.05, 4.69) is 15.2 Å². The number of carbonyl (C=O) groups excluding carboxylic acids is 2. The first-order valence-corrected chi connectivity index (χ1v) is 23.3. The minimum absolute atomic E-state index is 0.0162. The lowest BCUT2D eigenvalue weighted by molar-refractivity contribution is -0.299. The smallest absolute Gasteiger partial charge is 0.311 e. The molecule has 0 saturated carbocycles. The zero-order valence-corrected chi connectivity index (χ0v) is 39.2. The van der Waals surface area contributed by atoms with Crippen molar-refractivity contribution in [2.75, 3.05) is 13.7 Å². The number of carbonyl (C=O) groups is 2. The van der Waals surface area contributed by atoms with Gasteiger partial charge in [0.05, 0.1) is 48.7 Å². The number of cyclic esters (lactones) is 1. The highest BCUT2D eigenvalue weighted by Gasteiger charge is 2.55. The molecule has 360 valence electrons. The summed E-state index contributed by atoms with van der Waals surface area (Å²) in [7, 11) is 1.93. The Morgan fingerprint density at radius 3 is 2.32 bits per heavy atom. The van der Waals surface area contributed by atoms with Crippen molar-refractivity contribution in [1.29, 1.82) is 0 Å². The fraction of sp³-hybridized carbons (Fsp3) is 0.688. The Labute approximate surface area is 381 Å². The number of ether oxygens (including phenoxy) is 4. The maximum absolute atomic E-state index is 13.9. The first kappa shape index (κ1) is 50.3. The number of aromatic hydroxyl groups is 1. The molecule has 0 unspecified atom stereocenters. The second-order valence-electron chi connectivity index (χ2n) is 19.3. The second kappa shape index (κ2) is 21.3. The van der Waals surface area contributed by atoms with E-state index in [1.54, 1.807) is 40.0 Å². The standard InChI is InChI=1S/C48H71N5O12/c1-9-38-48(7,61)42(58)29(3)40(56)34-24-47(6,62-27-34)43(30(4)39(55)31(5)45(60)64-38)65-46-41(57)36(23-28(2)63-46)51(8)25-32-16-18-33(19-17-32)35-26-53(50-49-35)22-13-11-10-12-20-52-21-14-15-37(54)44(52)59/h14-19,21,26,28-31,34,36,38-39,41-43,46,54-55,57-58,61H,9-13,20,22-25,27H2,1-8H3/t28-,29+,30+,31-,34+,36+,38-,39+,41-,42-,43-,46+,47-,48-/m1/s1. The molecule has 0 aliphatic carbocycles. The van der Waals surface area contributed by atoms with Crippen molar-refractivity contribution < 1.29 is 54.1 Å². The number of Topliss-reactive ketones (excluding diaryl/α,β-unsaturated/α-hetero) is 1. The Balaban J connectivity index is 1.09. The molecule has 0 radical (unpaired) electrons. The first-order chi connectivity index (χ1) is 30.7. The summed E-state index contributed by atoms with van der Waals surface area (Å²) in [5.74, 6) is -4.86. The molecule has 0 spiro atoms. The number of aromatic nitrogens is 4. The summed E-state index contributed by atoms with van der Waals surface area (Å²) in [6.07, 6.45) is 0.520. The van der Waals surface area contributed by atoms with Crippen LogP contribution >= 0.6 is 0 Å². The maximum Gasteiger partial charge on any atom is 0.311 e. The van der Waals surface area contributed by atoms with Crippen molar-refractivity contribution >= 4 is 11.8 Å². The molecular weight excluding hydrogens is 839 g/mol. The van der Waals surface area contributed by atoms with E-state index in [0.29, 0.717) is 26.1 Å². The SMILES string of the molecule is CC[C@H]1OC(=O)[C@H](C)[C@@H](O)[C@H](C)[C@@H](O[C@@H]2O[C@H](C)C[C@H](N(C)Cc3ccc(-c4cn(CCCCCCn5cccc(O)c5=O)nn4)cc3)[C@H]2O)[C@@]2(C)C[C@@H](CO2)C(=O)[C@H](C)[C@@H](O)[C@]1(C)O. The lowest BCUT2D eigenvalue weighted by Gasteiger charge is -2.47. The van der Waals surface area contributed by atoms with E-state index < -0.39 is 83.7 Å². The zero-order valence-electron chi connectivity index (χ0n) is 39.2. The van der Waals surface area contributed by atoms with Crippen LogP contribution in [0.25, 0.3) is 11.3 Å². The number of pyridine rings is 1. The number of hydrogen-bond acceptors (Lipinski definition) is 15. The fourth-order valence-electron chi connectivity index (χ4n) is 10.0. The fourth-order valence-corrected chi connectivity index (χ4v) is 10.0. The van der Waals surface area contributed by atoms with Crippen molar-refractivity contribution in [2.24, 2.45) is 23.7 Å². The van der Waals surface area contributed by atoms with Crippen LogP contribution in [0.15, 0.2) is 53.6 Å². The van der Waals surface area contributed by atoms with Crippen LogP contribution in [-0.4, -0.2) is 136 Å². The van der Waals surface area contributed by atoms with Crippen molar-refractivity contribution in [2.45, 2.75) is 173 Å². The largest absolute Gasteiger partial charge is 0.503 e. The quantitative estimate of drug-likeness (QED) is 0.114. The third-order valence-electron chi connectivity index (χ3n) is 14.2. The summed E-state index contributed by atoms with van der Waals surface area (Å²) < 4.78 is 28.5. The molecule has 3 aliphatic rings. The highest BCUT2D eigenvalue weighted by Crippen LogP contribution is 2.43. The number of benzene rings is 1. The molecule has 5 heterocycles. The van der Waals surface area contributed by atoms with Crippen LogP contribution in [0.5, 0.6) is 5.75 Å². The topological polar surface area (TPSA) is 228 Å². The Morgan fingerprint density at radius 1 is 0.938 bits per heavy atom. The van der Waals surface area contributed by atoms with Gasteiger partial charge < -0.3 is 49.0 Å². The van der Waals surface area contributed by atoms with E-state index >= 15 is 0 Å². The van der Waals surface area contributed by atoms with Gasteiger partial charge in [0, 0.05) is 55.2 Å². The minimum Gasteiger partial charge on any atom is -0.503 e. The second-order valence-corrected chi connectivity index (χ2v) is 19.3. The number of hydrogen-bond donors (Lipinski definition) is 5. The number of aryl methyl sites for hydroxylation is 2. The molecule has 0 amide bonds. The Hall–Kier alpha value is -4.07. The predicted molar refractivity (Wildman–Crippen MR) is 239 cm³/mol. The number of rotatable bonds is 14. The average molecular weight is 910 g/mol. The molecule has 65 heavy (non-hydrogen) atoms. The zero-order chi connectivity index (χ0) is 47.4. The molecule has 3 aromatic rings. The molecule has 3 saturated heterocycles. The highest BCUT2D eigenvalue weighted by molar-refractivity contribution is 5.84. The number of aliphatic hydroxyl groups is 4. The molecule has 3 aliphatic heterocycles. The van der Waals surface area contributed by atoms with Crippen LogP contribution in [0.4, 0.5) is 0 Å². The van der Waals surface area contributed by atoms with Gasteiger partial charge in [0.15, 0.2) is 12.0 Å². The van der Waals surface area contributed by atoms with Crippen molar-refractivity contribution in [3.63, 3.8) is 0 Å². The molecule has 2 aromatic heterocycles. The van der Waals surface area contributed by atoms with E-state index in [1.807, 2.05) is 49.1 Å². The molecule has 5 N–H and O–H groups in total. The lowest BCUT2D eigenvalue weighted by atomic mass is 9.75. The van der Waals surface area contributed by atoms with Crippen molar-refractivity contribution in [1.82, 2.24) is 24.5 Å². The number of unbranched alkanes of at least 4 members (excludes halogenated alkanes) is 3. The van der Waals surface area contributed by atoms with Crippen LogP contribution in [-0.2, 0) is 48.2 Å². The van der Waals surface area contributed by atoms with Gasteiger partial charge in [-0.1, -0.05) is 63.1 Å². The predicted octanol–water partition coefficient (Wildman–Crippen LogP) is 3.84. The summed E-state index contributed by atoms with van der Waals surface area (Å²) in [5.41, 5.74) is -0.801.